The number of amides is 1. The zero-order valence-electron chi connectivity index (χ0n) is 13.2. The van der Waals surface area contributed by atoms with Gasteiger partial charge in [-0.1, -0.05) is 13.3 Å². The fraction of sp³-hybridized carbons (Fsp3) is 0.667. The number of carbonyl (C=O) groups excluding carboxylic acids is 1. The lowest BCUT2D eigenvalue weighted by Crippen LogP contribution is -2.39. The van der Waals surface area contributed by atoms with Crippen molar-refractivity contribution in [3.63, 3.8) is 0 Å². The molecule has 0 saturated carbocycles. The highest BCUT2D eigenvalue weighted by Crippen LogP contribution is 2.04. The Morgan fingerprint density at radius 2 is 2.14 bits per heavy atom. The van der Waals surface area contributed by atoms with Crippen molar-refractivity contribution in [1.29, 1.82) is 0 Å². The molecule has 1 aliphatic heterocycles. The van der Waals surface area contributed by atoms with Crippen LogP contribution in [0.2, 0.25) is 0 Å². The molecular formula is C15H25N5O2. The van der Waals surface area contributed by atoms with Gasteiger partial charge in [0.2, 0.25) is 0 Å². The van der Waals surface area contributed by atoms with Crippen molar-refractivity contribution >= 4 is 11.7 Å². The van der Waals surface area contributed by atoms with E-state index in [2.05, 4.69) is 32.4 Å². The van der Waals surface area contributed by atoms with E-state index in [0.717, 1.165) is 52.2 Å². The highest BCUT2D eigenvalue weighted by Gasteiger charge is 2.10. The molecule has 1 aromatic rings. The monoisotopic (exact) mass is 307 g/mol. The zero-order chi connectivity index (χ0) is 15.6. The second kappa shape index (κ2) is 9.32. The molecule has 2 N–H and O–H groups in total. The summed E-state index contributed by atoms with van der Waals surface area (Å²) in [6.45, 7) is 8.03. The van der Waals surface area contributed by atoms with E-state index >= 15 is 0 Å². The molecule has 22 heavy (non-hydrogen) atoms. The number of aromatic nitrogens is 2. The Labute approximate surface area is 131 Å². The minimum atomic E-state index is -0.146. The van der Waals surface area contributed by atoms with Gasteiger partial charge in [-0.2, -0.15) is 0 Å². The fourth-order valence-corrected chi connectivity index (χ4v) is 2.21. The quantitative estimate of drug-likeness (QED) is 0.690. The van der Waals surface area contributed by atoms with E-state index in [-0.39, 0.29) is 5.91 Å². The Morgan fingerprint density at radius 1 is 1.32 bits per heavy atom. The van der Waals surface area contributed by atoms with Crippen LogP contribution in [-0.4, -0.2) is 66.7 Å². The maximum absolute atomic E-state index is 11.9. The number of nitrogens with one attached hydrogen (secondary N) is 2. The number of hydrogen-bond donors (Lipinski definition) is 2. The molecule has 7 heteroatoms. The van der Waals surface area contributed by atoms with Crippen LogP contribution in [-0.2, 0) is 4.74 Å². The van der Waals surface area contributed by atoms with Crippen molar-refractivity contribution < 1.29 is 9.53 Å². The first-order valence-electron chi connectivity index (χ1n) is 7.94. The summed E-state index contributed by atoms with van der Waals surface area (Å²) in [7, 11) is 0. The number of nitrogens with zero attached hydrogens (tertiary/aromatic N) is 3. The summed E-state index contributed by atoms with van der Waals surface area (Å²) in [4.78, 5) is 22.5. The zero-order valence-corrected chi connectivity index (χ0v) is 13.2. The lowest BCUT2D eigenvalue weighted by molar-refractivity contribution is 0.0398. The maximum Gasteiger partial charge on any atom is 0.270 e. The summed E-state index contributed by atoms with van der Waals surface area (Å²) in [5, 5.41) is 6.10. The number of ether oxygens (including phenoxy) is 1. The van der Waals surface area contributed by atoms with Crippen LogP contribution in [0.1, 0.15) is 30.3 Å². The Balaban J connectivity index is 1.76. The average molecular weight is 307 g/mol. The first-order chi connectivity index (χ1) is 10.8. The summed E-state index contributed by atoms with van der Waals surface area (Å²) in [5.74, 6) is 0.538. The third kappa shape index (κ3) is 5.57. The number of unbranched alkanes of at least 4 members (excludes halogenated alkanes) is 1. The topological polar surface area (TPSA) is 79.4 Å². The van der Waals surface area contributed by atoms with E-state index in [4.69, 9.17) is 4.74 Å². The number of morpholine rings is 1. The number of anilines is 1. The molecule has 0 aromatic carbocycles. The minimum absolute atomic E-state index is 0.146. The third-order valence-electron chi connectivity index (χ3n) is 3.55. The summed E-state index contributed by atoms with van der Waals surface area (Å²) in [6.07, 6.45) is 3.45. The summed E-state index contributed by atoms with van der Waals surface area (Å²) in [5.41, 5.74) is 0.403. The van der Waals surface area contributed by atoms with E-state index in [0.29, 0.717) is 18.1 Å². The van der Waals surface area contributed by atoms with Crippen molar-refractivity contribution in [3.05, 3.63) is 18.1 Å². The van der Waals surface area contributed by atoms with Crippen molar-refractivity contribution in [2.24, 2.45) is 0 Å². The van der Waals surface area contributed by atoms with Gasteiger partial charge in [0.15, 0.2) is 0 Å². The molecule has 1 aliphatic rings. The van der Waals surface area contributed by atoms with Gasteiger partial charge >= 0.3 is 0 Å². The minimum Gasteiger partial charge on any atom is -0.379 e. The van der Waals surface area contributed by atoms with E-state index in [1.807, 2.05) is 0 Å². The average Bonchev–Trinajstić information content (AvgIpc) is 2.56. The lowest BCUT2D eigenvalue weighted by atomic mass is 10.3. The van der Waals surface area contributed by atoms with Crippen LogP contribution < -0.4 is 10.6 Å². The fourth-order valence-electron chi connectivity index (χ4n) is 2.21. The molecule has 0 bridgehead atoms. The standard InChI is InChI=1S/C15H25N5O2/c1-2-3-4-17-15(21)13-11-14(19-12-18-13)16-5-6-20-7-9-22-10-8-20/h11-12H,2-10H2,1H3,(H,17,21)(H,16,18,19). The van der Waals surface area contributed by atoms with Gasteiger partial charge in [-0.15, -0.1) is 0 Å². The van der Waals surface area contributed by atoms with E-state index in [9.17, 15) is 4.79 Å². The largest absolute Gasteiger partial charge is 0.379 e. The van der Waals surface area contributed by atoms with Crippen LogP contribution >= 0.6 is 0 Å². The van der Waals surface area contributed by atoms with E-state index in [1.165, 1.54) is 6.33 Å². The molecule has 0 spiro atoms. The van der Waals surface area contributed by atoms with Crippen molar-refractivity contribution in [2.75, 3.05) is 51.3 Å². The molecule has 1 aromatic heterocycles. The van der Waals surface area contributed by atoms with Crippen LogP contribution in [0.4, 0.5) is 5.82 Å². The molecule has 1 saturated heterocycles. The second-order valence-electron chi connectivity index (χ2n) is 5.28. The molecular weight excluding hydrogens is 282 g/mol. The number of hydrogen-bond acceptors (Lipinski definition) is 6. The normalized spacial score (nSPS) is 15.5. The maximum atomic E-state index is 11.9. The van der Waals surface area contributed by atoms with Gasteiger partial charge in [-0.3, -0.25) is 9.69 Å². The van der Waals surface area contributed by atoms with Crippen LogP contribution in [0.5, 0.6) is 0 Å². The third-order valence-corrected chi connectivity index (χ3v) is 3.55. The van der Waals surface area contributed by atoms with Crippen LogP contribution in [0.25, 0.3) is 0 Å². The van der Waals surface area contributed by atoms with Gasteiger partial charge in [0.25, 0.3) is 5.91 Å². The van der Waals surface area contributed by atoms with E-state index < -0.39 is 0 Å². The molecule has 0 radical (unpaired) electrons. The molecule has 0 atom stereocenters. The molecule has 2 rings (SSSR count). The van der Waals surface area contributed by atoms with Crippen LogP contribution in [0, 0.1) is 0 Å². The second-order valence-corrected chi connectivity index (χ2v) is 5.28. The molecule has 122 valence electrons. The molecule has 0 aliphatic carbocycles. The Hall–Kier alpha value is -1.73. The predicted molar refractivity (Wildman–Crippen MR) is 85.0 cm³/mol. The first kappa shape index (κ1) is 16.6. The smallest absolute Gasteiger partial charge is 0.270 e. The summed E-state index contributed by atoms with van der Waals surface area (Å²) >= 11 is 0. The Kier molecular flexibility index (Phi) is 7.05. The van der Waals surface area contributed by atoms with Crippen LogP contribution in [0.15, 0.2) is 12.4 Å². The van der Waals surface area contributed by atoms with Crippen molar-refractivity contribution in [1.82, 2.24) is 20.2 Å². The van der Waals surface area contributed by atoms with Crippen LogP contribution in [0.3, 0.4) is 0 Å². The van der Waals surface area contributed by atoms with Gasteiger partial charge in [-0.25, -0.2) is 9.97 Å². The molecule has 0 unspecified atom stereocenters. The van der Waals surface area contributed by atoms with Gasteiger partial charge < -0.3 is 15.4 Å². The Bertz CT molecular complexity index is 463. The predicted octanol–water partition coefficient (Wildman–Crippen LogP) is 0.751. The van der Waals surface area contributed by atoms with Crippen molar-refractivity contribution in [3.8, 4) is 0 Å². The molecule has 1 fully saturated rings. The van der Waals surface area contributed by atoms with Crippen molar-refractivity contribution in [2.45, 2.75) is 19.8 Å². The summed E-state index contributed by atoms with van der Waals surface area (Å²) in [6, 6.07) is 1.70. The number of carbonyl (C=O) groups is 1. The van der Waals surface area contributed by atoms with Gasteiger partial charge in [0.1, 0.15) is 17.8 Å². The van der Waals surface area contributed by atoms with Gasteiger partial charge in [0, 0.05) is 38.8 Å². The lowest BCUT2D eigenvalue weighted by Gasteiger charge is -2.26. The SMILES string of the molecule is CCCCNC(=O)c1cc(NCCN2CCOCC2)ncn1. The molecule has 1 amide bonds. The Morgan fingerprint density at radius 3 is 2.91 bits per heavy atom. The van der Waals surface area contributed by atoms with Gasteiger partial charge in [0.05, 0.1) is 13.2 Å². The highest BCUT2D eigenvalue weighted by atomic mass is 16.5. The summed E-state index contributed by atoms with van der Waals surface area (Å²) < 4.78 is 5.32. The molecule has 2 heterocycles. The highest BCUT2D eigenvalue weighted by molar-refractivity contribution is 5.92. The van der Waals surface area contributed by atoms with E-state index in [1.54, 1.807) is 6.07 Å². The molecule has 7 nitrogen and oxygen atoms in total. The first-order valence-corrected chi connectivity index (χ1v) is 7.94. The van der Waals surface area contributed by atoms with Gasteiger partial charge in [-0.05, 0) is 6.42 Å². The number of rotatable bonds is 8.